The van der Waals surface area contributed by atoms with Gasteiger partial charge in [-0.25, -0.2) is 0 Å². The predicted octanol–water partition coefficient (Wildman–Crippen LogP) is 1.69. The van der Waals surface area contributed by atoms with Crippen LogP contribution in [0.2, 0.25) is 0 Å². The van der Waals surface area contributed by atoms with Crippen molar-refractivity contribution in [3.63, 3.8) is 0 Å². The first kappa shape index (κ1) is 13.1. The summed E-state index contributed by atoms with van der Waals surface area (Å²) in [6.07, 6.45) is 2.17. The zero-order chi connectivity index (χ0) is 13.0. The summed E-state index contributed by atoms with van der Waals surface area (Å²) in [5.41, 5.74) is 7.47. The zero-order valence-electron chi connectivity index (χ0n) is 10.7. The van der Waals surface area contributed by atoms with Gasteiger partial charge in [-0.05, 0) is 49.9 Å². The van der Waals surface area contributed by atoms with Crippen molar-refractivity contribution < 1.29 is 9.53 Å². The minimum atomic E-state index is -0.100. The molecule has 0 saturated heterocycles. The quantitative estimate of drug-likeness (QED) is 0.833. The summed E-state index contributed by atoms with van der Waals surface area (Å²) in [6.45, 7) is 2.83. The molecule has 0 bridgehead atoms. The van der Waals surface area contributed by atoms with E-state index in [0.29, 0.717) is 5.92 Å². The van der Waals surface area contributed by atoms with Crippen LogP contribution in [0.5, 0.6) is 0 Å². The van der Waals surface area contributed by atoms with Gasteiger partial charge in [-0.3, -0.25) is 4.79 Å². The van der Waals surface area contributed by atoms with Gasteiger partial charge < -0.3 is 15.8 Å². The molecule has 1 aromatic rings. The van der Waals surface area contributed by atoms with Crippen LogP contribution in [0.25, 0.3) is 0 Å². The molecule has 98 valence electrons. The number of carbonyl (C=O) groups excluding carboxylic acids is 1. The second-order valence-electron chi connectivity index (χ2n) is 4.92. The van der Waals surface area contributed by atoms with E-state index in [4.69, 9.17) is 10.5 Å². The molecule has 1 saturated carbocycles. The second kappa shape index (κ2) is 5.98. The maximum absolute atomic E-state index is 11.7. The van der Waals surface area contributed by atoms with Crippen LogP contribution >= 0.6 is 0 Å². The van der Waals surface area contributed by atoms with Gasteiger partial charge in [-0.2, -0.15) is 0 Å². The van der Waals surface area contributed by atoms with Crippen LogP contribution < -0.4 is 11.1 Å². The molecule has 0 spiro atoms. The Balaban J connectivity index is 1.70. The lowest BCUT2D eigenvalue weighted by atomic mass is 9.82. The average Bonchev–Trinajstić information content (AvgIpc) is 2.27. The lowest BCUT2D eigenvalue weighted by Gasteiger charge is -2.33. The molecule has 1 amide bonds. The topological polar surface area (TPSA) is 64.3 Å². The first-order valence-corrected chi connectivity index (χ1v) is 6.35. The zero-order valence-corrected chi connectivity index (χ0v) is 10.7. The summed E-state index contributed by atoms with van der Waals surface area (Å²) >= 11 is 0. The third-order valence-corrected chi connectivity index (χ3v) is 3.28. The standard InChI is InChI=1S/C14H20N2O2/c1-10-3-2-4-12(5-10)16-14(17)9-18-13-6-11(7-13)8-15/h2-5,11,13H,6-9,15H2,1H3,(H,16,17). The molecule has 18 heavy (non-hydrogen) atoms. The van der Waals surface area contributed by atoms with E-state index in [2.05, 4.69) is 5.32 Å². The Morgan fingerprint density at radius 1 is 1.50 bits per heavy atom. The lowest BCUT2D eigenvalue weighted by Crippen LogP contribution is -2.37. The number of nitrogens with two attached hydrogens (primary N) is 1. The van der Waals surface area contributed by atoms with Gasteiger partial charge in [-0.15, -0.1) is 0 Å². The third kappa shape index (κ3) is 3.55. The Kier molecular flexibility index (Phi) is 4.33. The summed E-state index contributed by atoms with van der Waals surface area (Å²) in [4.78, 5) is 11.7. The van der Waals surface area contributed by atoms with Crippen LogP contribution in [-0.2, 0) is 9.53 Å². The molecule has 0 unspecified atom stereocenters. The molecule has 0 atom stereocenters. The number of amides is 1. The molecule has 4 heteroatoms. The van der Waals surface area contributed by atoms with Crippen LogP contribution in [0.3, 0.4) is 0 Å². The van der Waals surface area contributed by atoms with Crippen LogP contribution in [0.4, 0.5) is 5.69 Å². The van der Waals surface area contributed by atoms with Gasteiger partial charge in [0.05, 0.1) is 6.10 Å². The summed E-state index contributed by atoms with van der Waals surface area (Å²) in [5.74, 6) is 0.478. The SMILES string of the molecule is Cc1cccc(NC(=O)COC2CC(CN)C2)c1. The maximum Gasteiger partial charge on any atom is 0.250 e. The summed E-state index contributed by atoms with van der Waals surface area (Å²) in [5, 5.41) is 2.82. The fraction of sp³-hybridized carbons (Fsp3) is 0.500. The van der Waals surface area contributed by atoms with Crippen molar-refractivity contribution >= 4 is 11.6 Å². The molecule has 0 heterocycles. The van der Waals surface area contributed by atoms with E-state index in [9.17, 15) is 4.79 Å². The number of carbonyl (C=O) groups is 1. The number of aryl methyl sites for hydroxylation is 1. The van der Waals surface area contributed by atoms with E-state index in [0.717, 1.165) is 30.6 Å². The Labute approximate surface area is 108 Å². The Bertz CT molecular complexity index is 414. The van der Waals surface area contributed by atoms with E-state index >= 15 is 0 Å². The molecule has 0 aliphatic heterocycles. The van der Waals surface area contributed by atoms with Gasteiger partial charge in [0, 0.05) is 5.69 Å². The molecule has 2 rings (SSSR count). The molecular weight excluding hydrogens is 228 g/mol. The fourth-order valence-electron chi connectivity index (χ4n) is 2.12. The number of ether oxygens (including phenoxy) is 1. The number of anilines is 1. The van der Waals surface area contributed by atoms with Crippen molar-refractivity contribution in [2.45, 2.75) is 25.9 Å². The minimum absolute atomic E-state index is 0.100. The van der Waals surface area contributed by atoms with Crippen LogP contribution in [-0.4, -0.2) is 25.2 Å². The van der Waals surface area contributed by atoms with E-state index in [1.165, 1.54) is 0 Å². The summed E-state index contributed by atoms with van der Waals surface area (Å²) < 4.78 is 5.51. The number of rotatable bonds is 5. The van der Waals surface area contributed by atoms with Gasteiger partial charge in [-0.1, -0.05) is 12.1 Å². The molecule has 1 aliphatic rings. The highest BCUT2D eigenvalue weighted by atomic mass is 16.5. The third-order valence-electron chi connectivity index (χ3n) is 3.28. The molecule has 3 N–H and O–H groups in total. The van der Waals surface area contributed by atoms with Gasteiger partial charge in [0.2, 0.25) is 5.91 Å². The van der Waals surface area contributed by atoms with Crippen molar-refractivity contribution in [1.82, 2.24) is 0 Å². The molecule has 0 radical (unpaired) electrons. The predicted molar refractivity (Wildman–Crippen MR) is 71.3 cm³/mol. The van der Waals surface area contributed by atoms with Crippen molar-refractivity contribution in [1.29, 1.82) is 0 Å². The van der Waals surface area contributed by atoms with E-state index in [1.54, 1.807) is 0 Å². The van der Waals surface area contributed by atoms with Crippen LogP contribution in [0.1, 0.15) is 18.4 Å². The van der Waals surface area contributed by atoms with Crippen LogP contribution in [0.15, 0.2) is 24.3 Å². The minimum Gasteiger partial charge on any atom is -0.368 e. The highest BCUT2D eigenvalue weighted by Crippen LogP contribution is 2.28. The monoisotopic (exact) mass is 248 g/mol. The molecule has 1 aliphatic carbocycles. The Hall–Kier alpha value is -1.39. The van der Waals surface area contributed by atoms with Gasteiger partial charge in [0.25, 0.3) is 0 Å². The van der Waals surface area contributed by atoms with E-state index < -0.39 is 0 Å². The molecule has 1 aromatic carbocycles. The summed E-state index contributed by atoms with van der Waals surface area (Å²) in [6, 6.07) is 7.72. The number of nitrogens with one attached hydrogen (secondary N) is 1. The highest BCUT2D eigenvalue weighted by molar-refractivity contribution is 5.91. The molecular formula is C14H20N2O2. The van der Waals surface area contributed by atoms with Crippen molar-refractivity contribution in [2.75, 3.05) is 18.5 Å². The molecule has 1 fully saturated rings. The van der Waals surface area contributed by atoms with Crippen molar-refractivity contribution in [2.24, 2.45) is 11.7 Å². The molecule has 4 nitrogen and oxygen atoms in total. The Morgan fingerprint density at radius 3 is 2.94 bits per heavy atom. The second-order valence-corrected chi connectivity index (χ2v) is 4.92. The molecule has 0 aromatic heterocycles. The average molecular weight is 248 g/mol. The van der Waals surface area contributed by atoms with Gasteiger partial charge in [0.1, 0.15) is 6.61 Å². The number of hydrogen-bond acceptors (Lipinski definition) is 3. The maximum atomic E-state index is 11.7. The Morgan fingerprint density at radius 2 is 2.28 bits per heavy atom. The number of hydrogen-bond donors (Lipinski definition) is 2. The highest BCUT2D eigenvalue weighted by Gasteiger charge is 2.28. The first-order chi connectivity index (χ1) is 8.67. The van der Waals surface area contributed by atoms with Crippen LogP contribution in [0, 0.1) is 12.8 Å². The smallest absolute Gasteiger partial charge is 0.250 e. The van der Waals surface area contributed by atoms with Crippen molar-refractivity contribution in [3.8, 4) is 0 Å². The fourth-order valence-corrected chi connectivity index (χ4v) is 2.12. The first-order valence-electron chi connectivity index (χ1n) is 6.35. The van der Waals surface area contributed by atoms with Gasteiger partial charge in [0.15, 0.2) is 0 Å². The lowest BCUT2D eigenvalue weighted by molar-refractivity contribution is -0.125. The van der Waals surface area contributed by atoms with E-state index in [-0.39, 0.29) is 18.6 Å². The largest absolute Gasteiger partial charge is 0.368 e. The number of benzene rings is 1. The summed E-state index contributed by atoms with van der Waals surface area (Å²) in [7, 11) is 0. The van der Waals surface area contributed by atoms with Gasteiger partial charge >= 0.3 is 0 Å². The van der Waals surface area contributed by atoms with Crippen molar-refractivity contribution in [3.05, 3.63) is 29.8 Å². The van der Waals surface area contributed by atoms with E-state index in [1.807, 2.05) is 31.2 Å². The normalized spacial score (nSPS) is 22.3.